The molecule has 0 atom stereocenters. The van der Waals surface area contributed by atoms with Crippen molar-refractivity contribution in [2.75, 3.05) is 34.7 Å². The number of likely N-dealkylation sites (N-methyl/N-ethyl adjacent to an activating group) is 2. The van der Waals surface area contributed by atoms with E-state index in [1.54, 1.807) is 44.4 Å². The van der Waals surface area contributed by atoms with Crippen LogP contribution in [-0.2, 0) is 26.0 Å². The molecule has 2 aromatic rings. The van der Waals surface area contributed by atoms with Crippen molar-refractivity contribution < 1.29 is 18.0 Å². The molecule has 0 radical (unpaired) electrons. The van der Waals surface area contributed by atoms with E-state index < -0.39 is 10.0 Å². The van der Waals surface area contributed by atoms with Gasteiger partial charge in [0.2, 0.25) is 11.8 Å². The predicted octanol–water partition coefficient (Wildman–Crippen LogP) is 1.38. The predicted molar refractivity (Wildman–Crippen MR) is 97.9 cm³/mol. The number of fused-ring (bicyclic) bond motifs is 2. The summed E-state index contributed by atoms with van der Waals surface area (Å²) in [6, 6.07) is 11.5. The summed E-state index contributed by atoms with van der Waals surface area (Å²) in [7, 11) is -0.641. The van der Waals surface area contributed by atoms with Crippen LogP contribution < -0.4 is 14.1 Å². The van der Waals surface area contributed by atoms with E-state index in [-0.39, 0.29) is 29.7 Å². The molecule has 2 aliphatic heterocycles. The first-order valence-corrected chi connectivity index (χ1v) is 9.52. The fourth-order valence-electron chi connectivity index (χ4n) is 3.36. The number of sulfonamides is 1. The van der Waals surface area contributed by atoms with Crippen molar-refractivity contribution >= 4 is 38.9 Å². The quantitative estimate of drug-likeness (QED) is 0.799. The molecule has 134 valence electrons. The first-order chi connectivity index (χ1) is 12.3. The Morgan fingerprint density at radius 3 is 2.23 bits per heavy atom. The zero-order valence-corrected chi connectivity index (χ0v) is 15.2. The van der Waals surface area contributed by atoms with E-state index >= 15 is 0 Å². The molecule has 0 fully saturated rings. The van der Waals surface area contributed by atoms with Gasteiger partial charge in [0, 0.05) is 19.8 Å². The van der Waals surface area contributed by atoms with E-state index in [4.69, 9.17) is 0 Å². The molecule has 0 saturated carbocycles. The number of rotatable bonds is 2. The van der Waals surface area contributed by atoms with Crippen LogP contribution in [0.15, 0.2) is 47.4 Å². The molecule has 0 N–H and O–H groups in total. The van der Waals surface area contributed by atoms with Crippen LogP contribution in [0.2, 0.25) is 0 Å². The van der Waals surface area contributed by atoms with Crippen LogP contribution in [0.5, 0.6) is 0 Å². The Balaban J connectivity index is 1.81. The fourth-order valence-corrected chi connectivity index (χ4v) is 4.84. The summed E-state index contributed by atoms with van der Waals surface area (Å²) in [5, 5.41) is 0. The van der Waals surface area contributed by atoms with Crippen molar-refractivity contribution in [1.82, 2.24) is 0 Å². The Morgan fingerprint density at radius 2 is 1.50 bits per heavy atom. The van der Waals surface area contributed by atoms with Crippen molar-refractivity contribution in [2.24, 2.45) is 0 Å². The molecule has 2 aromatic carbocycles. The number of para-hydroxylation sites is 2. The second-order valence-electron chi connectivity index (χ2n) is 6.37. The SMILES string of the molecule is CN1C(=O)Cc2cc(S(=O)(=O)N3CC(=O)N(C)c4ccccc43)ccc21. The molecule has 0 spiro atoms. The van der Waals surface area contributed by atoms with Crippen LogP contribution in [0.1, 0.15) is 5.56 Å². The second-order valence-corrected chi connectivity index (χ2v) is 8.24. The summed E-state index contributed by atoms with van der Waals surface area (Å²) < 4.78 is 27.6. The number of amides is 2. The van der Waals surface area contributed by atoms with Gasteiger partial charge in [0.05, 0.1) is 22.7 Å². The molecular weight excluding hydrogens is 354 g/mol. The van der Waals surface area contributed by atoms with Crippen molar-refractivity contribution in [3.05, 3.63) is 48.0 Å². The Hall–Kier alpha value is -2.87. The van der Waals surface area contributed by atoms with Gasteiger partial charge in [0.15, 0.2) is 0 Å². The smallest absolute Gasteiger partial charge is 0.264 e. The maximum absolute atomic E-state index is 13.2. The number of benzene rings is 2. The zero-order chi connectivity index (χ0) is 18.6. The first-order valence-electron chi connectivity index (χ1n) is 8.08. The summed E-state index contributed by atoms with van der Waals surface area (Å²) >= 11 is 0. The molecule has 2 aliphatic rings. The van der Waals surface area contributed by atoms with Gasteiger partial charge in [-0.15, -0.1) is 0 Å². The third-order valence-electron chi connectivity index (χ3n) is 4.88. The van der Waals surface area contributed by atoms with Gasteiger partial charge in [0.1, 0.15) is 6.54 Å². The van der Waals surface area contributed by atoms with E-state index in [1.165, 1.54) is 21.9 Å². The van der Waals surface area contributed by atoms with Gasteiger partial charge in [0.25, 0.3) is 10.0 Å². The van der Waals surface area contributed by atoms with Gasteiger partial charge in [-0.1, -0.05) is 12.1 Å². The third kappa shape index (κ3) is 2.29. The van der Waals surface area contributed by atoms with Crippen LogP contribution in [0.3, 0.4) is 0 Å². The molecule has 0 aromatic heterocycles. The van der Waals surface area contributed by atoms with Gasteiger partial charge in [-0.25, -0.2) is 8.42 Å². The average Bonchev–Trinajstić information content (AvgIpc) is 2.91. The van der Waals surface area contributed by atoms with Crippen LogP contribution in [0.25, 0.3) is 0 Å². The minimum absolute atomic E-state index is 0.0744. The van der Waals surface area contributed by atoms with Gasteiger partial charge < -0.3 is 9.80 Å². The second kappa shape index (κ2) is 5.57. The molecule has 2 amide bonds. The average molecular weight is 371 g/mol. The molecule has 0 aliphatic carbocycles. The molecule has 0 bridgehead atoms. The number of anilines is 3. The van der Waals surface area contributed by atoms with Crippen molar-refractivity contribution in [3.63, 3.8) is 0 Å². The molecule has 4 rings (SSSR count). The normalized spacial score (nSPS) is 16.8. The maximum atomic E-state index is 13.2. The van der Waals surface area contributed by atoms with Crippen LogP contribution in [0, 0.1) is 0 Å². The molecule has 7 nitrogen and oxygen atoms in total. The van der Waals surface area contributed by atoms with Gasteiger partial charge in [-0.2, -0.15) is 0 Å². The Morgan fingerprint density at radius 1 is 0.846 bits per heavy atom. The van der Waals surface area contributed by atoms with E-state index in [1.807, 2.05) is 0 Å². The van der Waals surface area contributed by atoms with Crippen LogP contribution >= 0.6 is 0 Å². The summed E-state index contributed by atoms with van der Waals surface area (Å²) in [6.07, 6.45) is 0.174. The monoisotopic (exact) mass is 371 g/mol. The van der Waals surface area contributed by atoms with E-state index in [0.717, 1.165) is 4.31 Å². The number of carbonyl (C=O) groups excluding carboxylic acids is 2. The number of hydrogen-bond donors (Lipinski definition) is 0. The van der Waals surface area contributed by atoms with Crippen molar-refractivity contribution in [3.8, 4) is 0 Å². The summed E-state index contributed by atoms with van der Waals surface area (Å²) in [5.74, 6) is -0.377. The van der Waals surface area contributed by atoms with Crippen LogP contribution in [0.4, 0.5) is 17.1 Å². The molecule has 8 heteroatoms. The van der Waals surface area contributed by atoms with E-state index in [9.17, 15) is 18.0 Å². The van der Waals surface area contributed by atoms with Gasteiger partial charge in [-0.3, -0.25) is 13.9 Å². The number of carbonyl (C=O) groups is 2. The first kappa shape index (κ1) is 16.6. The Labute approximate surface area is 151 Å². The fraction of sp³-hybridized carbons (Fsp3) is 0.222. The highest BCUT2D eigenvalue weighted by Gasteiger charge is 2.36. The van der Waals surface area contributed by atoms with Crippen LogP contribution in [-0.4, -0.2) is 40.9 Å². The molecular formula is C18H17N3O4S. The highest BCUT2D eigenvalue weighted by atomic mass is 32.2. The summed E-state index contributed by atoms with van der Waals surface area (Å²) in [4.78, 5) is 27.2. The number of nitrogens with zero attached hydrogens (tertiary/aromatic N) is 3. The Kier molecular flexibility index (Phi) is 3.55. The van der Waals surface area contributed by atoms with E-state index in [0.29, 0.717) is 22.6 Å². The minimum atomic E-state index is -3.93. The zero-order valence-electron chi connectivity index (χ0n) is 14.3. The highest BCUT2D eigenvalue weighted by Crippen LogP contribution is 2.37. The van der Waals surface area contributed by atoms with E-state index in [2.05, 4.69) is 0 Å². The topological polar surface area (TPSA) is 78.0 Å². The molecule has 0 saturated heterocycles. The van der Waals surface area contributed by atoms with Crippen molar-refractivity contribution in [2.45, 2.75) is 11.3 Å². The minimum Gasteiger partial charge on any atom is -0.315 e. The summed E-state index contributed by atoms with van der Waals surface area (Å²) in [6.45, 7) is -0.258. The maximum Gasteiger partial charge on any atom is 0.264 e. The lowest BCUT2D eigenvalue weighted by atomic mass is 10.2. The lowest BCUT2D eigenvalue weighted by molar-refractivity contribution is -0.117. The van der Waals surface area contributed by atoms with Gasteiger partial charge >= 0.3 is 0 Å². The Bertz CT molecular complexity index is 1050. The lowest BCUT2D eigenvalue weighted by Crippen LogP contribution is -2.46. The molecule has 0 unspecified atom stereocenters. The standard InChI is InChI=1S/C18H17N3O4S/c1-19-14-8-7-13(9-12(14)10-17(19)22)26(24,25)21-11-18(23)20(2)15-5-3-4-6-16(15)21/h3-9H,10-11H2,1-2H3. The number of hydrogen-bond acceptors (Lipinski definition) is 4. The van der Waals surface area contributed by atoms with Crippen molar-refractivity contribution in [1.29, 1.82) is 0 Å². The highest BCUT2D eigenvalue weighted by molar-refractivity contribution is 7.92. The third-order valence-corrected chi connectivity index (χ3v) is 6.64. The summed E-state index contributed by atoms with van der Waals surface area (Å²) in [5.41, 5.74) is 2.39. The largest absolute Gasteiger partial charge is 0.315 e. The molecule has 26 heavy (non-hydrogen) atoms. The molecule has 2 heterocycles. The lowest BCUT2D eigenvalue weighted by Gasteiger charge is -2.34. The van der Waals surface area contributed by atoms with Gasteiger partial charge in [-0.05, 0) is 35.9 Å².